The number of alkyl halides is 1. The minimum absolute atomic E-state index is 0. The number of carbonyl (C=O) groups excluding carboxylic acids is 3. The Morgan fingerprint density at radius 2 is 0.934 bits per heavy atom. The van der Waals surface area contributed by atoms with Gasteiger partial charge in [0.2, 0.25) is 56.5 Å². The first-order valence-electron chi connectivity index (χ1n) is 29.8. The number of carboxylic acid groups (broad SMARTS) is 3. The predicted octanol–water partition coefficient (Wildman–Crippen LogP) is -28.0. The van der Waals surface area contributed by atoms with Crippen molar-refractivity contribution >= 4 is 137 Å². The molecular weight excluding hydrogens is 1980 g/mol. The minimum atomic E-state index is -6.20. The van der Waals surface area contributed by atoms with Gasteiger partial charge in [0.25, 0.3) is 8.25 Å². The number of hydrogen-bond acceptors (Lipinski definition) is 31. The average Bonchev–Trinajstić information content (AvgIpc) is 1.73. The zero-order valence-corrected chi connectivity index (χ0v) is 78.2. The molecule has 23 N–H and O–H groups in total. The molecule has 1 aliphatic heterocycles. The van der Waals surface area contributed by atoms with Crippen molar-refractivity contribution in [1.29, 1.82) is 0 Å². The molecule has 0 spiro atoms. The van der Waals surface area contributed by atoms with E-state index in [1.54, 1.807) is 27.9 Å². The number of β-amino-alcohol motifs (C(OH)–C–C–N with tert-alkyl or cyclic N) is 1. The first-order valence-corrected chi connectivity index (χ1v) is 47.7. The van der Waals surface area contributed by atoms with Crippen LogP contribution in [0.1, 0.15) is 6.92 Å². The van der Waals surface area contributed by atoms with Gasteiger partial charge in [-0.05, 0) is 14.5 Å². The molecule has 0 bridgehead atoms. The summed E-state index contributed by atoms with van der Waals surface area (Å²) in [6.45, 7) is 2.31. The Morgan fingerprint density at radius 1 is 0.554 bits per heavy atom. The first-order chi connectivity index (χ1) is 51.2. The van der Waals surface area contributed by atoms with Gasteiger partial charge >= 0.3 is 120 Å². The van der Waals surface area contributed by atoms with E-state index in [9.17, 15) is 105 Å². The smallest absolute Gasteiger partial charge is 1.00 e. The van der Waals surface area contributed by atoms with Gasteiger partial charge in [0.05, 0.1) is 27.7 Å². The summed E-state index contributed by atoms with van der Waals surface area (Å²) < 4.78 is 124. The third-order valence-electron chi connectivity index (χ3n) is 13.3. The Hall–Kier alpha value is -4.18. The molecule has 0 saturated carbocycles. The number of aliphatic carboxylic acids is 3. The van der Waals surface area contributed by atoms with E-state index >= 15 is 0 Å². The molecule has 1 aliphatic rings. The SMILES string of the molecule is CC(O)(C[n+]1ccn(CC(O)(P(=O)(O)O)P(=O)(O)O)c1)P(=O)(O)O.COC(=O)CCl.COC(=O)Cn1cc[n+](CC(=O)OC)c1.C[Si](C)(C)n1ccnc1.O.O=C(O)C[N+]1=C[N+](CC(O)(P(=O)(O)O)P(=O)(O)O)=CC1.O=C(O)Cn1cc[n+](CC(=O)O)c1.O=P([O-])(O)C(O)Cn1cc[n+](CC(O)(P(=O)([O-])[O-])P(=O)([O-])O)c1.O=[P+]([O-])[O-].[Cl-].[Cl-].[Cl-].[Cl-].[Na+].[OH-]. The standard InChI is InChI=1S/C9H13N2O4.C8H17N2O11P3.C7H15N2O11P3.C7H12N2O9P2.C7H8N2O4.C6H12N2Si.C3H5ClO2.4ClH.Na.HO3P.2H2O/c1-14-8(12)5-10-3-4-11(7-10)6-9(13)15-2;1-7(11,22(13,14)15)4-9-2-3-10(6-9)5-8(12,23(16,17)18)24(19,20)21;10-6(21(12,13)14)3-8-1-2-9(5-8)4-7(11,22(15,16)17)23(18,19)20;10-6(11)3-8-1-2-9(5-8)4-7(12,19(13,14)15)20(16,17)18;10-6(11)3-8-1-2-9(5-8)4-7(12)13;1-9(2,3)8-5-4-7-6-8;1-6-3(5)2-4;;;;;;1-4(2)3;;/h3-4,7H,5-6H2,1-2H3;2-3,6,11-12H,4-5H2,1H3,(H5-,13,14,15,16,17,18,19,20,21);1-2,5-6,10-11H,3-4H2,(H5-,12,13,14,15,16,17,18,19,20);2,5,12H,1,3-4H2,(H3-2,10,11,13,14,15,16,17,18);1-2,5H,3-4H2,(H-,10,11,12,13);4-6H,1-3H3;2H2,1H3;4*1H;;(H,1,2,3);2*1H2/q+1;;;;;;;;;;;+1;;;/p-5. The maximum absolute atomic E-state index is 11.3. The van der Waals surface area contributed by atoms with Crippen LogP contribution >= 0.6 is 80.6 Å². The van der Waals surface area contributed by atoms with E-state index in [4.69, 9.17) is 105 Å². The van der Waals surface area contributed by atoms with Crippen LogP contribution in [0, 0.1) is 0 Å². The second-order valence-electron chi connectivity index (χ2n) is 23.7. The van der Waals surface area contributed by atoms with Crippen LogP contribution in [-0.4, -0.2) is 277 Å². The number of carboxylic acids is 3. The van der Waals surface area contributed by atoms with Gasteiger partial charge in [0, 0.05) is 12.4 Å². The predicted molar refractivity (Wildman–Crippen MR) is 369 cm³/mol. The monoisotopic (exact) mass is 2060 g/mol. The van der Waals surface area contributed by atoms with Gasteiger partial charge in [-0.15, -0.1) is 16.2 Å². The van der Waals surface area contributed by atoms with Crippen molar-refractivity contribution in [2.45, 2.75) is 105 Å². The Morgan fingerprint density at radius 3 is 1.26 bits per heavy atom. The van der Waals surface area contributed by atoms with Gasteiger partial charge in [-0.1, -0.05) is 24.2 Å². The number of hydrogen-bond donors (Lipinski definition) is 20. The van der Waals surface area contributed by atoms with Crippen LogP contribution in [0.25, 0.3) is 0 Å². The maximum atomic E-state index is 11.3. The summed E-state index contributed by atoms with van der Waals surface area (Å²) in [7, 11) is -45.1. The molecule has 0 aliphatic carbocycles. The third-order valence-corrected chi connectivity index (χ3v) is 28.6. The average molecular weight is 2060 g/mol. The van der Waals surface area contributed by atoms with Crippen LogP contribution in [0.5, 0.6) is 0 Å². The third kappa shape index (κ3) is 49.1. The number of methoxy groups -OCH3 is 3. The molecule has 0 amide bonds. The number of aromatic nitrogens is 10. The number of esters is 3. The Kier molecular flexibility index (Phi) is 63.4. The van der Waals surface area contributed by atoms with Crippen molar-refractivity contribution in [2.75, 3.05) is 46.8 Å². The Labute approximate surface area is 736 Å². The van der Waals surface area contributed by atoms with Crippen molar-refractivity contribution in [3.8, 4) is 0 Å². The second-order valence-corrected chi connectivity index (χ2v) is 44.9. The maximum Gasteiger partial charge on any atom is 1.00 e. The topological polar surface area (TPSA) is 947 Å². The summed E-state index contributed by atoms with van der Waals surface area (Å²) in [6, 6.07) is 0. The molecule has 5 atom stereocenters. The summed E-state index contributed by atoms with van der Waals surface area (Å²) in [4.78, 5) is 235. The molecule has 0 fully saturated rings. The van der Waals surface area contributed by atoms with Crippen molar-refractivity contribution in [3.05, 3.63) is 93.6 Å². The van der Waals surface area contributed by atoms with Gasteiger partial charge in [-0.2, -0.15) is 4.58 Å². The minimum Gasteiger partial charge on any atom is -1.00 e. The summed E-state index contributed by atoms with van der Waals surface area (Å²) in [5, 5.41) is 59.5. The fourth-order valence-corrected chi connectivity index (χ4v) is 15.2. The van der Waals surface area contributed by atoms with E-state index < -0.39 is 167 Å². The second kappa shape index (κ2) is 56.9. The zero-order chi connectivity index (χ0) is 89.8. The van der Waals surface area contributed by atoms with Crippen molar-refractivity contribution in [3.63, 3.8) is 0 Å². The van der Waals surface area contributed by atoms with E-state index in [1.165, 1.54) is 60.0 Å². The molecule has 698 valence electrons. The number of rotatable bonds is 30. The number of aliphatic hydroxyl groups is 5. The molecular formula is C47H86Cl5N12NaO46P9Si-3. The fourth-order valence-electron chi connectivity index (χ4n) is 7.37. The summed E-state index contributed by atoms with van der Waals surface area (Å²) >= 11 is 4.98. The molecule has 0 radical (unpaired) electrons. The summed E-state index contributed by atoms with van der Waals surface area (Å²) in [6.07, 6.45) is 23.4. The number of imidazole rings is 5. The van der Waals surface area contributed by atoms with Gasteiger partial charge in [-0.3, -0.25) is 27.6 Å². The van der Waals surface area contributed by atoms with Crippen molar-refractivity contribution in [2.24, 2.45) is 0 Å². The molecule has 5 aromatic rings. The molecule has 5 aromatic heterocycles. The van der Waals surface area contributed by atoms with Crippen molar-refractivity contribution in [1.82, 2.24) is 27.5 Å². The number of carbonyl (C=O) groups is 6. The fraction of sp³-hybridized carbons (Fsp3) is 0.511. The molecule has 58 nitrogen and oxygen atoms in total. The summed E-state index contributed by atoms with van der Waals surface area (Å²) in [5.74, 6) is -6.40. The van der Waals surface area contributed by atoms with Crippen LogP contribution < -0.4 is 127 Å². The van der Waals surface area contributed by atoms with E-state index in [2.05, 4.69) is 43.1 Å². The van der Waals surface area contributed by atoms with Gasteiger partial charge in [0.15, 0.2) is 60.5 Å². The molecule has 121 heavy (non-hydrogen) atoms. The Bertz CT molecular complexity index is 4390. The van der Waals surface area contributed by atoms with Crippen LogP contribution in [0.4, 0.5) is 0 Å². The molecule has 6 heterocycles. The molecule has 5 unspecified atom stereocenters. The molecule has 74 heteroatoms. The van der Waals surface area contributed by atoms with E-state index in [0.29, 0.717) is 4.57 Å². The Balaban J connectivity index is -0.000000175. The van der Waals surface area contributed by atoms with Crippen LogP contribution in [0.2, 0.25) is 19.6 Å². The number of aliphatic hydroxyl groups excluding tert-OH is 1. The largest absolute Gasteiger partial charge is 1.00 e. The molecule has 0 aromatic carbocycles. The number of nitrogens with zero attached hydrogens (tertiary/aromatic N) is 12. The van der Waals surface area contributed by atoms with Crippen molar-refractivity contribution < 1.29 is 331 Å². The van der Waals surface area contributed by atoms with E-state index in [-0.39, 0.29) is 141 Å². The van der Waals surface area contributed by atoms with Crippen LogP contribution in [0.15, 0.2) is 93.6 Å². The first kappa shape index (κ1) is 135. The van der Waals surface area contributed by atoms with E-state index in [0.717, 1.165) is 69.0 Å². The molecule has 0 saturated heterocycles. The van der Waals surface area contributed by atoms with Crippen LogP contribution in [0.3, 0.4) is 0 Å². The van der Waals surface area contributed by atoms with Gasteiger partial charge in [0.1, 0.15) is 81.6 Å². The quantitative estimate of drug-likeness (QED) is 0.00507. The van der Waals surface area contributed by atoms with Crippen LogP contribution in [-0.2, 0) is 136 Å². The molecule has 6 rings (SSSR count). The number of ether oxygens (including phenoxy) is 3. The normalized spacial score (nSPS) is 14.0. The summed E-state index contributed by atoms with van der Waals surface area (Å²) in [5.41, 5.74) is 0. The van der Waals surface area contributed by atoms with E-state index in [1.807, 2.05) is 18.7 Å². The van der Waals surface area contributed by atoms with Gasteiger partial charge < -0.3 is 222 Å². The zero-order valence-electron chi connectivity index (χ0n) is 63.3. The number of halogens is 5. The van der Waals surface area contributed by atoms with Gasteiger partial charge in [-0.25, -0.2) is 65.5 Å².